The maximum Gasteiger partial charge on any atom is 0.256 e. The molecule has 0 saturated heterocycles. The molecule has 8 heteroatoms. The van der Waals surface area contributed by atoms with Gasteiger partial charge in [-0.25, -0.2) is 9.37 Å². The van der Waals surface area contributed by atoms with Crippen LogP contribution in [-0.2, 0) is 22.5 Å². The highest BCUT2D eigenvalue weighted by Gasteiger charge is 2.25. The molecule has 1 aromatic carbocycles. The number of nitrogens with one attached hydrogen (secondary N) is 2. The van der Waals surface area contributed by atoms with E-state index in [4.69, 9.17) is 10.1 Å². The number of unbranched alkanes of at least 4 members (excludes halogenated alkanes) is 2. The number of aliphatic imine (C=N–C) groups is 1. The van der Waals surface area contributed by atoms with Crippen LogP contribution in [0.5, 0.6) is 0 Å². The average molecular weight is 580 g/mol. The molecule has 0 spiro atoms. The van der Waals surface area contributed by atoms with Crippen molar-refractivity contribution in [1.82, 2.24) is 14.9 Å². The van der Waals surface area contributed by atoms with Gasteiger partial charge >= 0.3 is 0 Å². The molecule has 1 amide bonds. The maximum absolute atomic E-state index is 13.1. The number of amides is 1. The number of aromatic nitrogens is 2. The molecule has 230 valence electrons. The summed E-state index contributed by atoms with van der Waals surface area (Å²) in [6.45, 7) is 13.6. The van der Waals surface area contributed by atoms with Crippen LogP contribution in [0, 0.1) is 18.2 Å². The molecular formula is C34H50FN5O2. The standard InChI is InChI=1S/C21H30N4O2.C9H10FN.C4H10/c1-4-6-7-17(9-8-16(5-2)14-27-3)18(12-22)21(26)25-11-10-19-20(13-25)24-15-23-19;1-3-11-9-6-4-5-8(10)7(9)2;1-3-4-2/h5,8-9,12,15,22H,4,6-7,10-11,13-14H2,1-3H3,(H,23,24);3-6H,1-2H3;3-4H2,1-2H3/b9-8-,16-5+,18-17-,22-12?;;. The Hall–Kier alpha value is -3.65. The van der Waals surface area contributed by atoms with Crippen LogP contribution < -0.4 is 0 Å². The van der Waals surface area contributed by atoms with Gasteiger partial charge in [-0.1, -0.05) is 64.3 Å². The van der Waals surface area contributed by atoms with E-state index in [1.165, 1.54) is 25.1 Å². The topological polar surface area (TPSA) is 94.4 Å². The molecule has 0 saturated carbocycles. The van der Waals surface area contributed by atoms with Crippen molar-refractivity contribution in [2.24, 2.45) is 4.99 Å². The molecule has 0 radical (unpaired) electrons. The molecule has 2 heterocycles. The molecule has 0 unspecified atom stereocenters. The Bertz CT molecular complexity index is 1220. The molecule has 42 heavy (non-hydrogen) atoms. The second kappa shape index (κ2) is 21.1. The number of carbonyl (C=O) groups excluding carboxylic acids is 1. The number of fused-ring (bicyclic) bond motifs is 1. The number of H-pyrrole nitrogens is 1. The number of halogens is 1. The lowest BCUT2D eigenvalue weighted by molar-refractivity contribution is -0.127. The van der Waals surface area contributed by atoms with Crippen molar-refractivity contribution in [3.63, 3.8) is 0 Å². The van der Waals surface area contributed by atoms with Crippen LogP contribution in [0.2, 0.25) is 0 Å². The van der Waals surface area contributed by atoms with Gasteiger partial charge < -0.3 is 20.0 Å². The van der Waals surface area contributed by atoms with Crippen LogP contribution >= 0.6 is 0 Å². The van der Waals surface area contributed by atoms with Crippen molar-refractivity contribution >= 4 is 24.0 Å². The van der Waals surface area contributed by atoms with Crippen molar-refractivity contribution < 1.29 is 13.9 Å². The van der Waals surface area contributed by atoms with Gasteiger partial charge in [0.15, 0.2) is 0 Å². The zero-order chi connectivity index (χ0) is 31.3. The SMILES string of the molecule is CC=Nc1cccc(F)c1C.CCCC.C\C=C(/C=C\C(CCCC)=C(\C=N)C(=O)N1CCc2nc[nH]c2C1)COC. The summed E-state index contributed by atoms with van der Waals surface area (Å²) in [6.07, 6.45) is 16.6. The zero-order valence-electron chi connectivity index (χ0n) is 26.6. The van der Waals surface area contributed by atoms with Gasteiger partial charge in [-0.05, 0) is 56.9 Å². The van der Waals surface area contributed by atoms with Crippen molar-refractivity contribution in [1.29, 1.82) is 5.41 Å². The summed E-state index contributed by atoms with van der Waals surface area (Å²) in [7, 11) is 1.66. The van der Waals surface area contributed by atoms with Crippen molar-refractivity contribution in [3.8, 4) is 0 Å². The Morgan fingerprint density at radius 3 is 2.52 bits per heavy atom. The van der Waals surface area contributed by atoms with E-state index < -0.39 is 0 Å². The molecule has 1 aliphatic heterocycles. The zero-order valence-corrected chi connectivity index (χ0v) is 26.6. The molecule has 0 fully saturated rings. The highest BCUT2D eigenvalue weighted by Crippen LogP contribution is 2.21. The number of rotatable bonds is 11. The third-order valence-corrected chi connectivity index (χ3v) is 6.77. The predicted octanol–water partition coefficient (Wildman–Crippen LogP) is 8.24. The highest BCUT2D eigenvalue weighted by atomic mass is 19.1. The smallest absolute Gasteiger partial charge is 0.256 e. The Morgan fingerprint density at radius 2 is 1.93 bits per heavy atom. The van der Waals surface area contributed by atoms with E-state index in [0.717, 1.165) is 48.2 Å². The van der Waals surface area contributed by atoms with E-state index in [0.29, 0.717) is 36.5 Å². The number of carbonyl (C=O) groups is 1. The molecular weight excluding hydrogens is 529 g/mol. The molecule has 0 bridgehead atoms. The Kier molecular flexibility index (Phi) is 18.3. The lowest BCUT2D eigenvalue weighted by Gasteiger charge is -2.27. The molecule has 1 aliphatic rings. The quantitative estimate of drug-likeness (QED) is 0.159. The van der Waals surface area contributed by atoms with E-state index in [2.05, 4.69) is 35.7 Å². The largest absolute Gasteiger partial charge is 0.380 e. The number of nitrogens with zero attached hydrogens (tertiary/aromatic N) is 3. The van der Waals surface area contributed by atoms with E-state index in [9.17, 15) is 9.18 Å². The highest BCUT2D eigenvalue weighted by molar-refractivity contribution is 6.12. The summed E-state index contributed by atoms with van der Waals surface area (Å²) in [6, 6.07) is 4.88. The van der Waals surface area contributed by atoms with Gasteiger partial charge in [0.2, 0.25) is 0 Å². The second-order valence-electron chi connectivity index (χ2n) is 9.89. The number of aromatic amines is 1. The number of benzene rings is 1. The number of hydrogen-bond acceptors (Lipinski definition) is 5. The fraction of sp³-hybridized carbons (Fsp3) is 0.471. The average Bonchev–Trinajstić information content (AvgIpc) is 3.48. The molecule has 2 aromatic rings. The van der Waals surface area contributed by atoms with Crippen LogP contribution in [0.15, 0.2) is 64.5 Å². The Morgan fingerprint density at radius 1 is 1.19 bits per heavy atom. The lowest BCUT2D eigenvalue weighted by atomic mass is 9.99. The first-order valence-electron chi connectivity index (χ1n) is 14.9. The molecule has 0 aliphatic carbocycles. The summed E-state index contributed by atoms with van der Waals surface area (Å²) in [5.41, 5.74) is 5.74. The first kappa shape index (κ1) is 36.4. The fourth-order valence-electron chi connectivity index (χ4n) is 4.00. The predicted molar refractivity (Wildman–Crippen MR) is 173 cm³/mol. The van der Waals surface area contributed by atoms with Crippen molar-refractivity contribution in [2.75, 3.05) is 20.3 Å². The molecule has 3 rings (SSSR count). The van der Waals surface area contributed by atoms with Crippen molar-refractivity contribution in [2.45, 2.75) is 86.6 Å². The minimum absolute atomic E-state index is 0.0882. The van der Waals surface area contributed by atoms with E-state index in [1.807, 2.05) is 32.1 Å². The second-order valence-corrected chi connectivity index (χ2v) is 9.89. The van der Waals surface area contributed by atoms with Gasteiger partial charge in [-0.3, -0.25) is 9.79 Å². The van der Waals surface area contributed by atoms with E-state index in [-0.39, 0.29) is 11.7 Å². The normalized spacial score (nSPS) is 13.6. The third kappa shape index (κ3) is 12.1. The van der Waals surface area contributed by atoms with Gasteiger partial charge in [0.1, 0.15) is 5.82 Å². The van der Waals surface area contributed by atoms with Crippen molar-refractivity contribution in [3.05, 3.63) is 82.2 Å². The summed E-state index contributed by atoms with van der Waals surface area (Å²) >= 11 is 0. The summed E-state index contributed by atoms with van der Waals surface area (Å²) in [5, 5.41) is 7.88. The molecule has 2 N–H and O–H groups in total. The summed E-state index contributed by atoms with van der Waals surface area (Å²) < 4.78 is 18.0. The van der Waals surface area contributed by atoms with Gasteiger partial charge in [0.05, 0.1) is 42.1 Å². The first-order chi connectivity index (χ1) is 20.3. The Labute approximate surface area is 252 Å². The number of imidazole rings is 1. The summed E-state index contributed by atoms with van der Waals surface area (Å²) in [5.74, 6) is -0.289. The van der Waals surface area contributed by atoms with Crippen LogP contribution in [0.25, 0.3) is 0 Å². The maximum atomic E-state index is 13.1. The lowest BCUT2D eigenvalue weighted by Crippen LogP contribution is -2.37. The number of hydrogen-bond donors (Lipinski definition) is 2. The van der Waals surface area contributed by atoms with Gasteiger partial charge in [0, 0.05) is 38.1 Å². The van der Waals surface area contributed by atoms with Gasteiger partial charge in [-0.15, -0.1) is 0 Å². The molecule has 0 atom stereocenters. The summed E-state index contributed by atoms with van der Waals surface area (Å²) in [4.78, 5) is 26.3. The van der Waals surface area contributed by atoms with Gasteiger partial charge in [0.25, 0.3) is 5.91 Å². The fourth-order valence-corrected chi connectivity index (χ4v) is 4.00. The van der Waals surface area contributed by atoms with E-state index in [1.54, 1.807) is 43.6 Å². The van der Waals surface area contributed by atoms with E-state index >= 15 is 0 Å². The number of ether oxygens (including phenoxy) is 1. The van der Waals surface area contributed by atoms with Crippen LogP contribution in [0.4, 0.5) is 10.1 Å². The minimum Gasteiger partial charge on any atom is -0.380 e. The molecule has 7 nitrogen and oxygen atoms in total. The van der Waals surface area contributed by atoms with Crippen LogP contribution in [0.3, 0.4) is 0 Å². The van der Waals surface area contributed by atoms with Crippen LogP contribution in [0.1, 0.15) is 83.7 Å². The monoisotopic (exact) mass is 579 g/mol. The number of allylic oxidation sites excluding steroid dienone is 3. The molecule has 1 aromatic heterocycles. The third-order valence-electron chi connectivity index (χ3n) is 6.77. The van der Waals surface area contributed by atoms with Crippen LogP contribution in [-0.4, -0.2) is 53.5 Å². The Balaban J connectivity index is 0.000000483. The van der Waals surface area contributed by atoms with Gasteiger partial charge in [-0.2, -0.15) is 0 Å². The minimum atomic E-state index is -0.201. The first-order valence-corrected chi connectivity index (χ1v) is 14.9. The number of methoxy groups -OCH3 is 1.